The summed E-state index contributed by atoms with van der Waals surface area (Å²) in [6, 6.07) is 6.45. The zero-order valence-electron chi connectivity index (χ0n) is 14.0. The van der Waals surface area contributed by atoms with Crippen molar-refractivity contribution in [1.82, 2.24) is 9.21 Å². The molecule has 23 heavy (non-hydrogen) atoms. The summed E-state index contributed by atoms with van der Waals surface area (Å²) in [5, 5.41) is 9.75. The van der Waals surface area contributed by atoms with Gasteiger partial charge in [0, 0.05) is 25.0 Å². The summed E-state index contributed by atoms with van der Waals surface area (Å²) >= 11 is 0. The summed E-state index contributed by atoms with van der Waals surface area (Å²) in [6.45, 7) is 1.72. The van der Waals surface area contributed by atoms with Crippen LogP contribution in [0.4, 0.5) is 0 Å². The van der Waals surface area contributed by atoms with E-state index in [1.54, 1.807) is 31.4 Å². The smallest absolute Gasteiger partial charge is 0.243 e. The van der Waals surface area contributed by atoms with Gasteiger partial charge in [-0.25, -0.2) is 8.42 Å². The van der Waals surface area contributed by atoms with Crippen LogP contribution in [0.3, 0.4) is 0 Å². The van der Waals surface area contributed by atoms with Crippen LogP contribution in [-0.2, 0) is 10.0 Å². The third-order valence-corrected chi connectivity index (χ3v) is 6.38. The lowest BCUT2D eigenvalue weighted by atomic mass is 9.79. The topological polar surface area (TPSA) is 70.1 Å². The Morgan fingerprint density at radius 2 is 1.78 bits per heavy atom. The number of ether oxygens (including phenoxy) is 1. The summed E-state index contributed by atoms with van der Waals surface area (Å²) in [5.41, 5.74) is -0.213. The van der Waals surface area contributed by atoms with Gasteiger partial charge in [0.05, 0.1) is 18.6 Å². The number of nitrogens with zero attached hydrogens (tertiary/aromatic N) is 2. The summed E-state index contributed by atoms with van der Waals surface area (Å²) in [4.78, 5) is 2.33. The first-order chi connectivity index (χ1) is 10.8. The normalized spacial score (nSPS) is 19.0. The zero-order chi connectivity index (χ0) is 17.1. The molecule has 0 spiro atoms. The molecule has 1 heterocycles. The van der Waals surface area contributed by atoms with Gasteiger partial charge < -0.3 is 14.7 Å². The van der Waals surface area contributed by atoms with E-state index in [0.29, 0.717) is 31.7 Å². The number of piperidine rings is 1. The molecule has 0 bridgehead atoms. The van der Waals surface area contributed by atoms with Crippen molar-refractivity contribution in [2.24, 2.45) is 5.41 Å². The highest BCUT2D eigenvalue weighted by Gasteiger charge is 2.38. The van der Waals surface area contributed by atoms with Gasteiger partial charge in [0.1, 0.15) is 5.75 Å². The maximum absolute atomic E-state index is 12.7. The second-order valence-electron chi connectivity index (χ2n) is 6.48. The van der Waals surface area contributed by atoms with Gasteiger partial charge in [0.2, 0.25) is 10.0 Å². The van der Waals surface area contributed by atoms with Gasteiger partial charge in [-0.15, -0.1) is 0 Å². The molecule has 0 aromatic heterocycles. The zero-order valence-corrected chi connectivity index (χ0v) is 14.8. The lowest BCUT2D eigenvalue weighted by Crippen LogP contribution is -2.48. The van der Waals surface area contributed by atoms with Crippen LogP contribution >= 0.6 is 0 Å². The number of aliphatic hydroxyl groups excluding tert-OH is 1. The van der Waals surface area contributed by atoms with Crippen LogP contribution < -0.4 is 4.74 Å². The maximum atomic E-state index is 12.7. The molecule has 1 aromatic carbocycles. The lowest BCUT2D eigenvalue weighted by molar-refractivity contribution is 0.0442. The van der Waals surface area contributed by atoms with Gasteiger partial charge >= 0.3 is 0 Å². The predicted octanol–water partition coefficient (Wildman–Crippen LogP) is 1.02. The quantitative estimate of drug-likeness (QED) is 0.836. The van der Waals surface area contributed by atoms with Gasteiger partial charge in [-0.2, -0.15) is 4.31 Å². The molecule has 1 fully saturated rings. The van der Waals surface area contributed by atoms with E-state index in [1.807, 2.05) is 19.0 Å². The average molecular weight is 342 g/mol. The van der Waals surface area contributed by atoms with Crippen LogP contribution in [0.5, 0.6) is 5.75 Å². The molecule has 1 aromatic rings. The van der Waals surface area contributed by atoms with Crippen molar-refractivity contribution in [3.8, 4) is 5.75 Å². The fraction of sp³-hybridized carbons (Fsp3) is 0.625. The third kappa shape index (κ3) is 4.03. The van der Waals surface area contributed by atoms with Crippen molar-refractivity contribution in [2.45, 2.75) is 17.7 Å². The van der Waals surface area contributed by atoms with Gasteiger partial charge in [0.15, 0.2) is 0 Å². The van der Waals surface area contributed by atoms with Crippen molar-refractivity contribution in [1.29, 1.82) is 0 Å². The van der Waals surface area contributed by atoms with Gasteiger partial charge in [-0.05, 0) is 51.2 Å². The fourth-order valence-electron chi connectivity index (χ4n) is 3.13. The Morgan fingerprint density at radius 3 is 2.22 bits per heavy atom. The molecular weight excluding hydrogens is 316 g/mol. The van der Waals surface area contributed by atoms with Gasteiger partial charge in [0.25, 0.3) is 0 Å². The molecule has 0 saturated carbocycles. The van der Waals surface area contributed by atoms with E-state index < -0.39 is 10.0 Å². The van der Waals surface area contributed by atoms with Crippen LogP contribution in [-0.4, -0.2) is 70.2 Å². The number of hydrogen-bond donors (Lipinski definition) is 1. The average Bonchev–Trinajstić information content (AvgIpc) is 2.54. The number of hydrogen-bond acceptors (Lipinski definition) is 5. The molecule has 1 aliphatic rings. The molecule has 1 saturated heterocycles. The molecule has 0 amide bonds. The monoisotopic (exact) mass is 342 g/mol. The van der Waals surface area contributed by atoms with Crippen molar-refractivity contribution < 1.29 is 18.3 Å². The summed E-state index contributed by atoms with van der Waals surface area (Å²) in [6.07, 6.45) is 1.33. The minimum Gasteiger partial charge on any atom is -0.497 e. The Bertz CT molecular complexity index is 605. The van der Waals surface area contributed by atoms with E-state index in [9.17, 15) is 13.5 Å². The number of aliphatic hydroxyl groups is 1. The van der Waals surface area contributed by atoms with Crippen molar-refractivity contribution >= 4 is 10.0 Å². The molecule has 1 aliphatic heterocycles. The Balaban J connectivity index is 2.11. The molecule has 1 N–H and O–H groups in total. The Labute approximate surface area is 138 Å². The first kappa shape index (κ1) is 18.2. The molecular formula is C16H26N2O4S. The van der Waals surface area contributed by atoms with Crippen molar-refractivity contribution in [2.75, 3.05) is 47.4 Å². The maximum Gasteiger partial charge on any atom is 0.243 e. The largest absolute Gasteiger partial charge is 0.497 e. The Kier molecular flexibility index (Phi) is 5.67. The van der Waals surface area contributed by atoms with E-state index in [-0.39, 0.29) is 16.9 Å². The molecule has 0 radical (unpaired) electrons. The van der Waals surface area contributed by atoms with Crippen LogP contribution in [0.1, 0.15) is 12.8 Å². The van der Waals surface area contributed by atoms with Crippen LogP contribution in [0, 0.1) is 5.41 Å². The molecule has 2 rings (SSSR count). The predicted molar refractivity (Wildman–Crippen MR) is 89.1 cm³/mol. The number of rotatable bonds is 6. The van der Waals surface area contributed by atoms with E-state index in [4.69, 9.17) is 4.74 Å². The molecule has 7 heteroatoms. The summed E-state index contributed by atoms with van der Waals surface area (Å²) in [5.74, 6) is 0.632. The standard InChI is InChI=1S/C16H26N2O4S/c1-17(2)12-16(13-19)8-10-18(11-9-16)23(20,21)15-6-4-14(22-3)5-7-15/h4-7,19H,8-13H2,1-3H3. The minimum atomic E-state index is -3.49. The Morgan fingerprint density at radius 1 is 1.22 bits per heavy atom. The van der Waals surface area contributed by atoms with Crippen LogP contribution in [0.15, 0.2) is 29.2 Å². The lowest BCUT2D eigenvalue weighted by Gasteiger charge is -2.41. The highest BCUT2D eigenvalue weighted by molar-refractivity contribution is 7.89. The van der Waals surface area contributed by atoms with E-state index in [0.717, 1.165) is 6.54 Å². The SMILES string of the molecule is COc1ccc(S(=O)(=O)N2CCC(CO)(CN(C)C)CC2)cc1. The third-order valence-electron chi connectivity index (χ3n) is 4.47. The van der Waals surface area contributed by atoms with E-state index >= 15 is 0 Å². The van der Waals surface area contributed by atoms with Gasteiger partial charge in [-0.3, -0.25) is 0 Å². The van der Waals surface area contributed by atoms with Crippen molar-refractivity contribution in [3.05, 3.63) is 24.3 Å². The number of methoxy groups -OCH3 is 1. The van der Waals surface area contributed by atoms with Crippen LogP contribution in [0.2, 0.25) is 0 Å². The second kappa shape index (κ2) is 7.17. The molecule has 0 aliphatic carbocycles. The van der Waals surface area contributed by atoms with Crippen LogP contribution in [0.25, 0.3) is 0 Å². The fourth-order valence-corrected chi connectivity index (χ4v) is 4.58. The first-order valence-corrected chi connectivity index (χ1v) is 9.17. The summed E-state index contributed by atoms with van der Waals surface area (Å²) in [7, 11) is 2.00. The molecule has 0 unspecified atom stereocenters. The number of sulfonamides is 1. The highest BCUT2D eigenvalue weighted by atomic mass is 32.2. The molecule has 130 valence electrons. The van der Waals surface area contributed by atoms with E-state index in [1.165, 1.54) is 4.31 Å². The first-order valence-electron chi connectivity index (χ1n) is 7.73. The van der Waals surface area contributed by atoms with Crippen molar-refractivity contribution in [3.63, 3.8) is 0 Å². The Hall–Kier alpha value is -1.15. The minimum absolute atomic E-state index is 0.0849. The number of benzene rings is 1. The van der Waals surface area contributed by atoms with E-state index in [2.05, 4.69) is 0 Å². The highest BCUT2D eigenvalue weighted by Crippen LogP contribution is 2.34. The summed E-state index contributed by atoms with van der Waals surface area (Å²) < 4.78 is 32.0. The molecule has 0 atom stereocenters. The molecule has 6 nitrogen and oxygen atoms in total. The second-order valence-corrected chi connectivity index (χ2v) is 8.41. The van der Waals surface area contributed by atoms with Gasteiger partial charge in [-0.1, -0.05) is 0 Å².